The van der Waals surface area contributed by atoms with Gasteiger partial charge in [-0.3, -0.25) is 4.79 Å². The normalized spacial score (nSPS) is 25.7. The molecule has 2 aliphatic heterocycles. The molecule has 0 aliphatic carbocycles. The van der Waals surface area contributed by atoms with Crippen LogP contribution in [-0.4, -0.2) is 52.5 Å². The molecule has 2 aliphatic rings. The summed E-state index contributed by atoms with van der Waals surface area (Å²) in [6.07, 6.45) is 4.28. The number of hydrogen-bond acceptors (Lipinski definition) is 2. The van der Waals surface area contributed by atoms with Crippen molar-refractivity contribution in [3.05, 3.63) is 36.0 Å². The van der Waals surface area contributed by atoms with Crippen molar-refractivity contribution >= 4 is 16.8 Å². The van der Waals surface area contributed by atoms with Gasteiger partial charge in [0, 0.05) is 49.3 Å². The van der Waals surface area contributed by atoms with Crippen LogP contribution < -0.4 is 0 Å². The van der Waals surface area contributed by atoms with E-state index in [1.165, 1.54) is 0 Å². The highest BCUT2D eigenvalue weighted by atomic mass is 16.2. The van der Waals surface area contributed by atoms with Crippen molar-refractivity contribution in [3.63, 3.8) is 0 Å². The fraction of sp³-hybridized carbons (Fsp3) is 0.471. The second kappa shape index (κ2) is 4.60. The Bertz CT molecular complexity index is 691. The lowest BCUT2D eigenvalue weighted by molar-refractivity contribution is 0.0474. The predicted octanol–water partition coefficient (Wildman–Crippen LogP) is 2.10. The number of para-hydroxylation sites is 1. The van der Waals surface area contributed by atoms with E-state index in [2.05, 4.69) is 33.5 Å². The number of piperazine rings is 1. The smallest absolute Gasteiger partial charge is 0.256 e. The van der Waals surface area contributed by atoms with Gasteiger partial charge in [0.2, 0.25) is 0 Å². The average Bonchev–Trinajstić information content (AvgIpc) is 2.95. The number of amides is 1. The lowest BCUT2D eigenvalue weighted by Crippen LogP contribution is -2.54. The van der Waals surface area contributed by atoms with E-state index < -0.39 is 0 Å². The van der Waals surface area contributed by atoms with Gasteiger partial charge >= 0.3 is 0 Å². The number of aryl methyl sites for hydroxylation is 1. The summed E-state index contributed by atoms with van der Waals surface area (Å²) < 4.78 is 2.06. The van der Waals surface area contributed by atoms with E-state index in [4.69, 9.17) is 0 Å². The third-order valence-corrected chi connectivity index (χ3v) is 5.03. The highest BCUT2D eigenvalue weighted by Crippen LogP contribution is 2.32. The van der Waals surface area contributed by atoms with E-state index in [1.54, 1.807) is 0 Å². The number of hydrogen-bond donors (Lipinski definition) is 0. The van der Waals surface area contributed by atoms with Gasteiger partial charge in [-0.25, -0.2) is 0 Å². The molecular weight excluding hydrogens is 262 g/mol. The first-order valence-corrected chi connectivity index (χ1v) is 7.70. The van der Waals surface area contributed by atoms with E-state index in [0.717, 1.165) is 42.4 Å². The van der Waals surface area contributed by atoms with Gasteiger partial charge in [-0.15, -0.1) is 0 Å². The number of benzene rings is 1. The zero-order valence-electron chi connectivity index (χ0n) is 12.6. The number of likely N-dealkylation sites (tertiary alicyclic amines) is 1. The molecule has 110 valence electrons. The number of fused-ring (bicyclic) bond motifs is 3. The second-order valence-electron chi connectivity index (χ2n) is 6.49. The van der Waals surface area contributed by atoms with Gasteiger partial charge in [-0.05, 0) is 26.0 Å². The van der Waals surface area contributed by atoms with E-state index in [0.29, 0.717) is 12.1 Å². The zero-order chi connectivity index (χ0) is 14.6. The summed E-state index contributed by atoms with van der Waals surface area (Å²) in [5.41, 5.74) is 1.98. The summed E-state index contributed by atoms with van der Waals surface area (Å²) in [6.45, 7) is 2.01. The lowest BCUT2D eigenvalue weighted by atomic mass is 10.1. The van der Waals surface area contributed by atoms with Gasteiger partial charge in [0.15, 0.2) is 0 Å². The summed E-state index contributed by atoms with van der Waals surface area (Å²) >= 11 is 0. The topological polar surface area (TPSA) is 28.5 Å². The van der Waals surface area contributed by atoms with Crippen molar-refractivity contribution in [2.24, 2.45) is 7.05 Å². The minimum atomic E-state index is 0.215. The van der Waals surface area contributed by atoms with Crippen molar-refractivity contribution in [2.45, 2.75) is 24.9 Å². The standard InChI is InChI=1S/C17H21N3O/c1-18-9-12-7-8-13(10-18)20(12)17(21)15-11-19(2)16-6-4-3-5-14(15)16/h3-6,11-13H,7-10H2,1-2H3. The Morgan fingerprint density at radius 1 is 1.10 bits per heavy atom. The first-order valence-electron chi connectivity index (χ1n) is 7.70. The van der Waals surface area contributed by atoms with E-state index >= 15 is 0 Å². The molecule has 0 saturated carbocycles. The SMILES string of the molecule is CN1CC2CCC(C1)N2C(=O)c1cn(C)c2ccccc12. The number of carbonyl (C=O) groups is 1. The third-order valence-electron chi connectivity index (χ3n) is 5.03. The molecule has 2 bridgehead atoms. The molecule has 2 atom stereocenters. The van der Waals surface area contributed by atoms with Crippen molar-refractivity contribution in [1.29, 1.82) is 0 Å². The molecule has 4 heteroatoms. The fourth-order valence-corrected chi connectivity index (χ4v) is 4.10. The van der Waals surface area contributed by atoms with Crippen LogP contribution in [0, 0.1) is 0 Å². The van der Waals surface area contributed by atoms with Crippen LogP contribution in [0.3, 0.4) is 0 Å². The summed E-state index contributed by atoms with van der Waals surface area (Å²) in [5.74, 6) is 0.215. The molecule has 21 heavy (non-hydrogen) atoms. The molecule has 2 fully saturated rings. The molecule has 2 unspecified atom stereocenters. The van der Waals surface area contributed by atoms with Gasteiger partial charge in [0.05, 0.1) is 5.56 Å². The predicted molar refractivity (Wildman–Crippen MR) is 83.4 cm³/mol. The summed E-state index contributed by atoms with van der Waals surface area (Å²) in [7, 11) is 4.17. The van der Waals surface area contributed by atoms with Crippen LogP contribution in [0.25, 0.3) is 10.9 Å². The third kappa shape index (κ3) is 1.89. The van der Waals surface area contributed by atoms with Crippen LogP contribution in [0.15, 0.2) is 30.5 Å². The van der Waals surface area contributed by atoms with E-state index in [-0.39, 0.29) is 5.91 Å². The van der Waals surface area contributed by atoms with Crippen molar-refractivity contribution in [1.82, 2.24) is 14.4 Å². The number of carbonyl (C=O) groups excluding carboxylic acids is 1. The largest absolute Gasteiger partial charge is 0.350 e. The molecule has 0 radical (unpaired) electrons. The van der Waals surface area contributed by atoms with E-state index in [9.17, 15) is 4.79 Å². The molecule has 2 saturated heterocycles. The lowest BCUT2D eigenvalue weighted by Gasteiger charge is -2.39. The van der Waals surface area contributed by atoms with Gasteiger partial charge in [-0.2, -0.15) is 0 Å². The van der Waals surface area contributed by atoms with Gasteiger partial charge in [-0.1, -0.05) is 18.2 Å². The Kier molecular flexibility index (Phi) is 2.82. The van der Waals surface area contributed by atoms with Crippen LogP contribution in [0.4, 0.5) is 0 Å². The molecule has 4 nitrogen and oxygen atoms in total. The number of likely N-dealkylation sites (N-methyl/N-ethyl adjacent to an activating group) is 1. The van der Waals surface area contributed by atoms with Crippen molar-refractivity contribution in [3.8, 4) is 0 Å². The van der Waals surface area contributed by atoms with Crippen molar-refractivity contribution < 1.29 is 4.79 Å². The molecule has 1 aromatic carbocycles. The molecule has 0 N–H and O–H groups in total. The monoisotopic (exact) mass is 283 g/mol. The molecule has 0 spiro atoms. The molecule has 3 heterocycles. The first-order chi connectivity index (χ1) is 10.1. The maximum absolute atomic E-state index is 13.1. The molecular formula is C17H21N3O. The summed E-state index contributed by atoms with van der Waals surface area (Å²) in [5, 5.41) is 1.07. The number of nitrogens with zero attached hydrogens (tertiary/aromatic N) is 3. The minimum absolute atomic E-state index is 0.215. The molecule has 1 aromatic heterocycles. The van der Waals surface area contributed by atoms with Gasteiger partial charge < -0.3 is 14.4 Å². The molecule has 2 aromatic rings. The first kappa shape index (κ1) is 12.9. The van der Waals surface area contributed by atoms with Crippen LogP contribution in [0.1, 0.15) is 23.2 Å². The van der Waals surface area contributed by atoms with Crippen LogP contribution in [0.5, 0.6) is 0 Å². The maximum atomic E-state index is 13.1. The Balaban J connectivity index is 1.74. The Morgan fingerprint density at radius 2 is 1.76 bits per heavy atom. The number of aromatic nitrogens is 1. The Hall–Kier alpha value is -1.81. The van der Waals surface area contributed by atoms with Crippen LogP contribution in [0.2, 0.25) is 0 Å². The van der Waals surface area contributed by atoms with Crippen LogP contribution >= 0.6 is 0 Å². The van der Waals surface area contributed by atoms with Crippen molar-refractivity contribution in [2.75, 3.05) is 20.1 Å². The van der Waals surface area contributed by atoms with Gasteiger partial charge in [0.25, 0.3) is 5.91 Å². The Morgan fingerprint density at radius 3 is 2.48 bits per heavy atom. The molecule has 4 rings (SSSR count). The maximum Gasteiger partial charge on any atom is 0.256 e. The van der Waals surface area contributed by atoms with Crippen LogP contribution in [-0.2, 0) is 7.05 Å². The Labute approximate surface area is 124 Å². The zero-order valence-corrected chi connectivity index (χ0v) is 12.6. The second-order valence-corrected chi connectivity index (χ2v) is 6.49. The quantitative estimate of drug-likeness (QED) is 0.802. The average molecular weight is 283 g/mol. The fourth-order valence-electron chi connectivity index (χ4n) is 4.10. The number of rotatable bonds is 1. The minimum Gasteiger partial charge on any atom is -0.350 e. The summed E-state index contributed by atoms with van der Waals surface area (Å²) in [6, 6.07) is 8.94. The highest BCUT2D eigenvalue weighted by Gasteiger charge is 2.42. The summed E-state index contributed by atoms with van der Waals surface area (Å²) in [4.78, 5) is 17.6. The van der Waals surface area contributed by atoms with Gasteiger partial charge in [0.1, 0.15) is 0 Å². The highest BCUT2D eigenvalue weighted by molar-refractivity contribution is 6.07. The molecule has 1 amide bonds. The van der Waals surface area contributed by atoms with E-state index in [1.807, 2.05) is 25.4 Å².